The maximum atomic E-state index is 3.97. The monoisotopic (exact) mass is 292 g/mol. The predicted octanol–water partition coefficient (Wildman–Crippen LogP) is 3.91. The molecule has 112 valence electrons. The van der Waals surface area contributed by atoms with Gasteiger partial charge in [-0.15, -0.1) is 11.3 Å². The van der Waals surface area contributed by atoms with E-state index < -0.39 is 0 Å². The first-order valence-electron chi connectivity index (χ1n) is 8.18. The molecule has 1 N–H and O–H groups in total. The number of likely N-dealkylation sites (tertiary alicyclic amines) is 1. The Bertz CT molecular complexity index is 401. The molecule has 2 aliphatic rings. The Kier molecular flexibility index (Phi) is 4.49. The van der Waals surface area contributed by atoms with Gasteiger partial charge in [-0.2, -0.15) is 0 Å². The van der Waals surface area contributed by atoms with Gasteiger partial charge in [-0.25, -0.2) is 0 Å². The van der Waals surface area contributed by atoms with Crippen LogP contribution in [0, 0.1) is 11.8 Å². The molecule has 2 nitrogen and oxygen atoms in total. The number of nitrogens with zero attached hydrogens (tertiary/aromatic N) is 1. The van der Waals surface area contributed by atoms with E-state index in [1.54, 1.807) is 0 Å². The van der Waals surface area contributed by atoms with Crippen molar-refractivity contribution in [3.05, 3.63) is 22.4 Å². The van der Waals surface area contributed by atoms with Gasteiger partial charge in [-0.1, -0.05) is 12.5 Å². The number of nitrogens with one attached hydrogen (secondary N) is 1. The fourth-order valence-electron chi connectivity index (χ4n) is 4.08. The molecular weight excluding hydrogens is 264 g/mol. The van der Waals surface area contributed by atoms with Gasteiger partial charge in [0.1, 0.15) is 0 Å². The van der Waals surface area contributed by atoms with Crippen LogP contribution in [-0.2, 0) is 0 Å². The third-order valence-corrected chi connectivity index (χ3v) is 6.30. The van der Waals surface area contributed by atoms with Crippen LogP contribution in [0.4, 0.5) is 0 Å². The van der Waals surface area contributed by atoms with E-state index in [0.29, 0.717) is 12.1 Å². The fraction of sp³-hybridized carbons (Fsp3) is 0.765. The summed E-state index contributed by atoms with van der Waals surface area (Å²) < 4.78 is 0. The Balaban J connectivity index is 1.67. The van der Waals surface area contributed by atoms with Gasteiger partial charge >= 0.3 is 0 Å². The summed E-state index contributed by atoms with van der Waals surface area (Å²) in [5, 5.41) is 6.16. The van der Waals surface area contributed by atoms with Crippen molar-refractivity contribution in [3.8, 4) is 0 Å². The molecule has 20 heavy (non-hydrogen) atoms. The van der Waals surface area contributed by atoms with Gasteiger partial charge in [0.05, 0.1) is 0 Å². The molecule has 0 radical (unpaired) electrons. The van der Waals surface area contributed by atoms with Gasteiger partial charge in [-0.05, 0) is 56.9 Å². The summed E-state index contributed by atoms with van der Waals surface area (Å²) in [4.78, 5) is 4.18. The minimum atomic E-state index is 0.508. The van der Waals surface area contributed by atoms with Crippen LogP contribution >= 0.6 is 11.3 Å². The lowest BCUT2D eigenvalue weighted by atomic mass is 9.73. The lowest BCUT2D eigenvalue weighted by Gasteiger charge is -2.49. The second-order valence-electron chi connectivity index (χ2n) is 6.93. The van der Waals surface area contributed by atoms with Crippen molar-refractivity contribution in [2.75, 3.05) is 13.1 Å². The van der Waals surface area contributed by atoms with Crippen LogP contribution in [-0.4, -0.2) is 30.1 Å². The minimum Gasteiger partial charge on any atom is -0.306 e. The van der Waals surface area contributed by atoms with Crippen molar-refractivity contribution in [2.24, 2.45) is 11.8 Å². The van der Waals surface area contributed by atoms with Crippen molar-refractivity contribution in [1.82, 2.24) is 10.2 Å². The third kappa shape index (κ3) is 2.95. The van der Waals surface area contributed by atoms with Crippen molar-refractivity contribution in [2.45, 2.75) is 58.2 Å². The van der Waals surface area contributed by atoms with E-state index in [1.807, 2.05) is 11.3 Å². The molecule has 3 atom stereocenters. The zero-order chi connectivity index (χ0) is 14.1. The summed E-state index contributed by atoms with van der Waals surface area (Å²) in [5.41, 5.74) is 0. The zero-order valence-corrected chi connectivity index (χ0v) is 13.8. The normalized spacial score (nSPS) is 32.5. The average Bonchev–Trinajstić information content (AvgIpc) is 2.91. The third-order valence-electron chi connectivity index (χ3n) is 5.25. The van der Waals surface area contributed by atoms with Crippen molar-refractivity contribution < 1.29 is 0 Å². The highest BCUT2D eigenvalue weighted by Gasteiger charge is 2.40. The van der Waals surface area contributed by atoms with Crippen molar-refractivity contribution >= 4 is 11.3 Å². The second-order valence-corrected chi connectivity index (χ2v) is 7.91. The molecule has 0 amide bonds. The van der Waals surface area contributed by atoms with Crippen LogP contribution in [0.1, 0.15) is 51.0 Å². The average molecular weight is 292 g/mol. The molecule has 1 aliphatic heterocycles. The molecule has 0 spiro atoms. The Morgan fingerprint density at radius 2 is 1.90 bits per heavy atom. The smallest absolute Gasteiger partial charge is 0.0388 e. The lowest BCUT2D eigenvalue weighted by molar-refractivity contribution is 0.0258. The van der Waals surface area contributed by atoms with Gasteiger partial charge in [0, 0.05) is 36.1 Å². The molecule has 2 fully saturated rings. The first-order valence-corrected chi connectivity index (χ1v) is 9.06. The van der Waals surface area contributed by atoms with Crippen LogP contribution in [0.15, 0.2) is 17.5 Å². The molecular formula is C17H28N2S. The summed E-state index contributed by atoms with van der Waals surface area (Å²) >= 11 is 1.88. The van der Waals surface area contributed by atoms with Crippen LogP contribution in [0.3, 0.4) is 0 Å². The quantitative estimate of drug-likeness (QED) is 0.905. The van der Waals surface area contributed by atoms with Crippen molar-refractivity contribution in [1.29, 1.82) is 0 Å². The molecule has 0 aromatic carbocycles. The Hall–Kier alpha value is -0.380. The molecule has 1 aliphatic carbocycles. The number of piperidine rings is 1. The van der Waals surface area contributed by atoms with E-state index in [1.165, 1.54) is 37.2 Å². The molecule has 2 bridgehead atoms. The zero-order valence-electron chi connectivity index (χ0n) is 13.0. The van der Waals surface area contributed by atoms with Gasteiger partial charge in [0.2, 0.25) is 0 Å². The highest BCUT2D eigenvalue weighted by Crippen LogP contribution is 2.37. The number of thiophene rings is 1. The van der Waals surface area contributed by atoms with Crippen LogP contribution in [0.2, 0.25) is 0 Å². The SMILES string of the molecule is CC(NC1C2CCCC1CN(C(C)C)C2)c1cccs1. The lowest BCUT2D eigenvalue weighted by Crippen LogP contribution is -2.58. The second kappa shape index (κ2) is 6.17. The number of hydrogen-bond donors (Lipinski definition) is 1. The van der Waals surface area contributed by atoms with Gasteiger partial charge in [0.15, 0.2) is 0 Å². The summed E-state index contributed by atoms with van der Waals surface area (Å²) in [6.45, 7) is 9.61. The number of rotatable bonds is 4. The van der Waals surface area contributed by atoms with E-state index in [9.17, 15) is 0 Å². The molecule has 3 heteroatoms. The molecule has 3 unspecified atom stereocenters. The molecule has 1 saturated heterocycles. The first-order chi connectivity index (χ1) is 9.65. The highest BCUT2D eigenvalue weighted by atomic mass is 32.1. The van der Waals surface area contributed by atoms with E-state index in [0.717, 1.165) is 17.9 Å². The van der Waals surface area contributed by atoms with E-state index in [2.05, 4.69) is 48.5 Å². The van der Waals surface area contributed by atoms with E-state index in [-0.39, 0.29) is 0 Å². The highest BCUT2D eigenvalue weighted by molar-refractivity contribution is 7.10. The Labute approximate surface area is 127 Å². The number of hydrogen-bond acceptors (Lipinski definition) is 3. The van der Waals surface area contributed by atoms with Crippen LogP contribution in [0.5, 0.6) is 0 Å². The summed E-state index contributed by atoms with van der Waals surface area (Å²) in [7, 11) is 0. The topological polar surface area (TPSA) is 15.3 Å². The standard InChI is InChI=1S/C17H28N2S/c1-12(2)19-10-14-6-4-7-15(11-19)17(14)18-13(3)16-8-5-9-20-16/h5,8-9,12-15,17-18H,4,6-7,10-11H2,1-3H3. The molecule has 2 heterocycles. The predicted molar refractivity (Wildman–Crippen MR) is 87.2 cm³/mol. The molecule has 1 aromatic heterocycles. The van der Waals surface area contributed by atoms with Gasteiger partial charge in [0.25, 0.3) is 0 Å². The van der Waals surface area contributed by atoms with Gasteiger partial charge in [-0.3, -0.25) is 0 Å². The summed E-state index contributed by atoms with van der Waals surface area (Å²) in [5.74, 6) is 1.71. The summed E-state index contributed by atoms with van der Waals surface area (Å²) in [6, 6.07) is 6.38. The van der Waals surface area contributed by atoms with Crippen LogP contribution in [0.25, 0.3) is 0 Å². The molecule has 3 rings (SSSR count). The summed E-state index contributed by atoms with van der Waals surface area (Å²) in [6.07, 6.45) is 4.26. The Morgan fingerprint density at radius 3 is 2.45 bits per heavy atom. The van der Waals surface area contributed by atoms with E-state index in [4.69, 9.17) is 0 Å². The minimum absolute atomic E-state index is 0.508. The Morgan fingerprint density at radius 1 is 1.20 bits per heavy atom. The largest absolute Gasteiger partial charge is 0.306 e. The molecule has 1 aromatic rings. The fourth-order valence-corrected chi connectivity index (χ4v) is 4.82. The van der Waals surface area contributed by atoms with Crippen LogP contribution < -0.4 is 5.32 Å². The maximum absolute atomic E-state index is 3.97. The van der Waals surface area contributed by atoms with Crippen molar-refractivity contribution in [3.63, 3.8) is 0 Å². The number of fused-ring (bicyclic) bond motifs is 2. The van der Waals surface area contributed by atoms with Gasteiger partial charge < -0.3 is 10.2 Å². The maximum Gasteiger partial charge on any atom is 0.0388 e. The van der Waals surface area contributed by atoms with E-state index >= 15 is 0 Å². The molecule has 1 saturated carbocycles. The first kappa shape index (κ1) is 14.6.